The maximum atomic E-state index is 5.72. The molecule has 1 atom stereocenters. The summed E-state index contributed by atoms with van der Waals surface area (Å²) in [6.45, 7) is 3.80. The van der Waals surface area contributed by atoms with E-state index in [0.717, 1.165) is 11.3 Å². The van der Waals surface area contributed by atoms with Gasteiger partial charge in [0, 0.05) is 5.56 Å². The number of hydrogen-bond donors (Lipinski definition) is 1. The van der Waals surface area contributed by atoms with E-state index < -0.39 is 0 Å². The van der Waals surface area contributed by atoms with E-state index in [9.17, 15) is 0 Å². The number of aromatic nitrogens is 2. The van der Waals surface area contributed by atoms with E-state index in [0.29, 0.717) is 31.6 Å². The maximum Gasteiger partial charge on any atom is 0.318 e. The monoisotopic (exact) mass is 260 g/mol. The number of nitrogens with two attached hydrogens (primary N) is 1. The number of hydrogen-bond acceptors (Lipinski definition) is 6. The fourth-order valence-electron chi connectivity index (χ4n) is 2.03. The van der Waals surface area contributed by atoms with Crippen molar-refractivity contribution < 1.29 is 9.15 Å². The molecule has 1 aromatic carbocycles. The average molecular weight is 260 g/mol. The second-order valence-electron chi connectivity index (χ2n) is 4.59. The van der Waals surface area contributed by atoms with Crippen LogP contribution in [0.3, 0.4) is 0 Å². The van der Waals surface area contributed by atoms with Crippen molar-refractivity contribution in [3.8, 4) is 5.75 Å². The maximum absolute atomic E-state index is 5.72. The number of rotatable bonds is 2. The van der Waals surface area contributed by atoms with Gasteiger partial charge >= 0.3 is 6.01 Å². The molecule has 1 aliphatic rings. The van der Waals surface area contributed by atoms with Crippen LogP contribution in [0.2, 0.25) is 0 Å². The molecule has 0 spiro atoms. The van der Waals surface area contributed by atoms with Gasteiger partial charge in [-0.25, -0.2) is 0 Å². The van der Waals surface area contributed by atoms with Crippen LogP contribution in [-0.2, 0) is 6.54 Å². The fraction of sp³-hybridized carbons (Fsp3) is 0.385. The molecule has 2 heterocycles. The second kappa shape index (κ2) is 4.89. The first-order valence-corrected chi connectivity index (χ1v) is 6.28. The molecule has 1 aromatic heterocycles. The zero-order chi connectivity index (χ0) is 13.2. The molecule has 0 bridgehead atoms. The van der Waals surface area contributed by atoms with E-state index in [1.807, 2.05) is 36.1 Å². The quantitative estimate of drug-likeness (QED) is 0.881. The zero-order valence-electron chi connectivity index (χ0n) is 10.7. The van der Waals surface area contributed by atoms with Crippen LogP contribution in [0.5, 0.6) is 5.75 Å². The van der Waals surface area contributed by atoms with Crippen molar-refractivity contribution in [1.82, 2.24) is 10.2 Å². The van der Waals surface area contributed by atoms with Crippen LogP contribution in [0.1, 0.15) is 24.4 Å². The molecule has 2 N–H and O–H groups in total. The predicted octanol–water partition coefficient (Wildman–Crippen LogP) is 1.49. The lowest BCUT2D eigenvalue weighted by molar-refractivity contribution is 0.328. The highest BCUT2D eigenvalue weighted by molar-refractivity contribution is 5.39. The third-order valence-electron chi connectivity index (χ3n) is 3.04. The Hall–Kier alpha value is -2.08. The van der Waals surface area contributed by atoms with Crippen molar-refractivity contribution in [1.29, 1.82) is 0 Å². The largest absolute Gasteiger partial charge is 0.491 e. The number of para-hydroxylation sites is 1. The van der Waals surface area contributed by atoms with Gasteiger partial charge in [0.05, 0.1) is 19.1 Å². The molecule has 2 aromatic rings. The minimum Gasteiger partial charge on any atom is -0.491 e. The summed E-state index contributed by atoms with van der Waals surface area (Å²) in [6.07, 6.45) is 0. The van der Waals surface area contributed by atoms with Gasteiger partial charge in [0.2, 0.25) is 5.89 Å². The predicted molar refractivity (Wildman–Crippen MR) is 69.9 cm³/mol. The first-order chi connectivity index (χ1) is 9.24. The third-order valence-corrected chi connectivity index (χ3v) is 3.04. The fourth-order valence-corrected chi connectivity index (χ4v) is 2.03. The standard InChI is InChI=1S/C13H16N4O2/c1-9(14)12-15-16-13(19-12)17-6-7-18-11-5-3-2-4-10(11)8-17/h2-5,9H,6-8,14H2,1H3. The van der Waals surface area contributed by atoms with Crippen molar-refractivity contribution in [2.24, 2.45) is 5.73 Å². The third kappa shape index (κ3) is 2.39. The van der Waals surface area contributed by atoms with Gasteiger partial charge in [-0.2, -0.15) is 0 Å². The number of nitrogens with zero attached hydrogens (tertiary/aromatic N) is 3. The van der Waals surface area contributed by atoms with Gasteiger partial charge in [-0.05, 0) is 13.0 Å². The summed E-state index contributed by atoms with van der Waals surface area (Å²) in [5.41, 5.74) is 6.84. The summed E-state index contributed by atoms with van der Waals surface area (Å²) in [4.78, 5) is 2.00. The van der Waals surface area contributed by atoms with Gasteiger partial charge in [0.25, 0.3) is 0 Å². The summed E-state index contributed by atoms with van der Waals surface area (Å²) < 4.78 is 11.3. The lowest BCUT2D eigenvalue weighted by atomic mass is 10.2. The molecule has 0 saturated heterocycles. The molecule has 3 rings (SSSR count). The first kappa shape index (κ1) is 12.0. The Bertz CT molecular complexity index is 567. The van der Waals surface area contributed by atoms with Crippen LogP contribution in [0.4, 0.5) is 6.01 Å². The highest BCUT2D eigenvalue weighted by Gasteiger charge is 2.20. The van der Waals surface area contributed by atoms with Crippen molar-refractivity contribution in [3.63, 3.8) is 0 Å². The van der Waals surface area contributed by atoms with Gasteiger partial charge in [0.15, 0.2) is 0 Å². The summed E-state index contributed by atoms with van der Waals surface area (Å²) in [7, 11) is 0. The summed E-state index contributed by atoms with van der Waals surface area (Å²) in [5.74, 6) is 1.37. The molecular weight excluding hydrogens is 244 g/mol. The average Bonchev–Trinajstić information content (AvgIpc) is 2.80. The Labute approximate surface area is 111 Å². The summed E-state index contributed by atoms with van der Waals surface area (Å²) in [6, 6.07) is 8.21. The molecule has 0 radical (unpaired) electrons. The Kier molecular flexibility index (Phi) is 3.08. The van der Waals surface area contributed by atoms with E-state index >= 15 is 0 Å². The van der Waals surface area contributed by atoms with E-state index in [1.54, 1.807) is 0 Å². The highest BCUT2D eigenvalue weighted by atomic mass is 16.5. The molecule has 0 saturated carbocycles. The second-order valence-corrected chi connectivity index (χ2v) is 4.59. The molecule has 1 aliphatic heterocycles. The van der Waals surface area contributed by atoms with Crippen molar-refractivity contribution in [3.05, 3.63) is 35.7 Å². The molecule has 19 heavy (non-hydrogen) atoms. The molecule has 6 nitrogen and oxygen atoms in total. The number of benzene rings is 1. The van der Waals surface area contributed by atoms with Crippen LogP contribution in [0.15, 0.2) is 28.7 Å². The van der Waals surface area contributed by atoms with Gasteiger partial charge in [-0.15, -0.1) is 5.10 Å². The first-order valence-electron chi connectivity index (χ1n) is 6.28. The molecule has 0 aliphatic carbocycles. The van der Waals surface area contributed by atoms with Crippen LogP contribution < -0.4 is 15.4 Å². The van der Waals surface area contributed by atoms with Crippen LogP contribution >= 0.6 is 0 Å². The van der Waals surface area contributed by atoms with Gasteiger partial charge in [-0.1, -0.05) is 23.3 Å². The molecule has 6 heteroatoms. The van der Waals surface area contributed by atoms with Crippen molar-refractivity contribution in [2.45, 2.75) is 19.5 Å². The molecule has 100 valence electrons. The van der Waals surface area contributed by atoms with E-state index in [-0.39, 0.29) is 6.04 Å². The summed E-state index contributed by atoms with van der Waals surface area (Å²) >= 11 is 0. The Morgan fingerprint density at radius 1 is 1.32 bits per heavy atom. The minimum atomic E-state index is -0.253. The Morgan fingerprint density at radius 2 is 2.16 bits per heavy atom. The minimum absolute atomic E-state index is 0.253. The lowest BCUT2D eigenvalue weighted by Gasteiger charge is -2.16. The van der Waals surface area contributed by atoms with Gasteiger partial charge in [0.1, 0.15) is 12.4 Å². The van der Waals surface area contributed by atoms with Crippen LogP contribution in [-0.4, -0.2) is 23.3 Å². The topological polar surface area (TPSA) is 77.4 Å². The zero-order valence-corrected chi connectivity index (χ0v) is 10.7. The van der Waals surface area contributed by atoms with E-state index in [1.165, 1.54) is 0 Å². The SMILES string of the molecule is CC(N)c1nnc(N2CCOc3ccccc3C2)o1. The normalized spacial score (nSPS) is 16.4. The van der Waals surface area contributed by atoms with Gasteiger partial charge in [-0.3, -0.25) is 0 Å². The molecule has 0 amide bonds. The van der Waals surface area contributed by atoms with E-state index in [4.69, 9.17) is 14.9 Å². The van der Waals surface area contributed by atoms with Gasteiger partial charge < -0.3 is 19.8 Å². The van der Waals surface area contributed by atoms with Crippen molar-refractivity contribution in [2.75, 3.05) is 18.1 Å². The van der Waals surface area contributed by atoms with Crippen molar-refractivity contribution >= 4 is 6.01 Å². The number of fused-ring (bicyclic) bond motifs is 1. The Morgan fingerprint density at radius 3 is 2.95 bits per heavy atom. The number of anilines is 1. The lowest BCUT2D eigenvalue weighted by Crippen LogP contribution is -2.25. The molecular formula is C13H16N4O2. The van der Waals surface area contributed by atoms with Crippen LogP contribution in [0, 0.1) is 0 Å². The smallest absolute Gasteiger partial charge is 0.318 e. The summed E-state index contributed by atoms with van der Waals surface area (Å²) in [5, 5.41) is 8.00. The molecule has 0 fully saturated rings. The molecule has 1 unspecified atom stereocenters. The van der Waals surface area contributed by atoms with E-state index in [2.05, 4.69) is 10.2 Å². The Balaban J connectivity index is 1.85. The van der Waals surface area contributed by atoms with Crippen LogP contribution in [0.25, 0.3) is 0 Å². The number of ether oxygens (including phenoxy) is 1. The highest BCUT2D eigenvalue weighted by Crippen LogP contribution is 2.25.